The van der Waals surface area contributed by atoms with E-state index in [-0.39, 0.29) is 12.5 Å². The lowest BCUT2D eigenvalue weighted by molar-refractivity contribution is -0.118. The molecule has 3 aromatic rings. The van der Waals surface area contributed by atoms with Crippen LogP contribution in [0.2, 0.25) is 0 Å². The minimum atomic E-state index is -0.283. The van der Waals surface area contributed by atoms with Gasteiger partial charge < -0.3 is 14.8 Å². The van der Waals surface area contributed by atoms with Gasteiger partial charge in [0.15, 0.2) is 23.9 Å². The van der Waals surface area contributed by atoms with Crippen LogP contribution >= 0.6 is 0 Å². The van der Waals surface area contributed by atoms with Crippen molar-refractivity contribution in [3.05, 3.63) is 71.9 Å². The Morgan fingerprint density at radius 2 is 1.70 bits per heavy atom. The fraction of sp³-hybridized carbons (Fsp3) is 0.238. The molecule has 0 unspecified atom stereocenters. The van der Waals surface area contributed by atoms with Crippen molar-refractivity contribution in [1.29, 1.82) is 0 Å². The summed E-state index contributed by atoms with van der Waals surface area (Å²) in [5.74, 6) is 1.63. The Balaban J connectivity index is 1.54. The molecular formula is C21H23N3O3. The van der Waals surface area contributed by atoms with E-state index in [9.17, 15) is 4.79 Å². The topological polar surface area (TPSA) is 76.2 Å². The van der Waals surface area contributed by atoms with Crippen LogP contribution in [-0.2, 0) is 11.4 Å². The molecule has 2 N–H and O–H groups in total. The predicted molar refractivity (Wildman–Crippen MR) is 104 cm³/mol. The average Bonchev–Trinajstić information content (AvgIpc) is 3.15. The summed E-state index contributed by atoms with van der Waals surface area (Å²) in [7, 11) is 0. The summed E-state index contributed by atoms with van der Waals surface area (Å²) in [6, 6.07) is 19.0. The largest absolute Gasteiger partial charge is 0.485 e. The Kier molecular flexibility index (Phi) is 6.10. The van der Waals surface area contributed by atoms with Gasteiger partial charge in [0.05, 0.1) is 0 Å². The average molecular weight is 365 g/mol. The molecule has 1 aromatic heterocycles. The van der Waals surface area contributed by atoms with Crippen LogP contribution < -0.4 is 14.8 Å². The van der Waals surface area contributed by atoms with E-state index in [4.69, 9.17) is 9.47 Å². The van der Waals surface area contributed by atoms with Crippen LogP contribution in [0.3, 0.4) is 0 Å². The van der Waals surface area contributed by atoms with E-state index in [2.05, 4.69) is 29.4 Å². The zero-order chi connectivity index (χ0) is 19.1. The lowest BCUT2D eigenvalue weighted by Crippen LogP contribution is -2.20. The molecule has 0 aliphatic rings. The highest BCUT2D eigenvalue weighted by atomic mass is 16.5. The minimum absolute atomic E-state index is 0.129. The summed E-state index contributed by atoms with van der Waals surface area (Å²) in [5.41, 5.74) is 2.02. The van der Waals surface area contributed by atoms with Gasteiger partial charge in [0, 0.05) is 11.8 Å². The summed E-state index contributed by atoms with van der Waals surface area (Å²) >= 11 is 0. The van der Waals surface area contributed by atoms with E-state index >= 15 is 0 Å². The molecule has 0 saturated heterocycles. The smallest absolute Gasteiger partial charge is 0.263 e. The lowest BCUT2D eigenvalue weighted by atomic mass is 10.1. The maximum absolute atomic E-state index is 12.1. The first-order valence-electron chi connectivity index (χ1n) is 8.85. The summed E-state index contributed by atoms with van der Waals surface area (Å²) in [4.78, 5) is 12.1. The molecule has 6 heteroatoms. The van der Waals surface area contributed by atoms with Gasteiger partial charge in [0.25, 0.3) is 5.91 Å². The Labute approximate surface area is 158 Å². The number of benzene rings is 2. The van der Waals surface area contributed by atoms with Crippen LogP contribution in [0.25, 0.3) is 0 Å². The van der Waals surface area contributed by atoms with E-state index in [1.807, 2.05) is 54.6 Å². The minimum Gasteiger partial charge on any atom is -0.485 e. The number of carbonyl (C=O) groups excluding carboxylic acids is 1. The van der Waals surface area contributed by atoms with Crippen molar-refractivity contribution in [3.8, 4) is 11.5 Å². The quantitative estimate of drug-likeness (QED) is 0.629. The number of nitrogens with one attached hydrogen (secondary N) is 2. The number of hydrogen-bond donors (Lipinski definition) is 2. The van der Waals surface area contributed by atoms with Crippen LogP contribution in [0.1, 0.15) is 31.0 Å². The first-order valence-corrected chi connectivity index (χ1v) is 8.85. The van der Waals surface area contributed by atoms with Gasteiger partial charge >= 0.3 is 0 Å². The summed E-state index contributed by atoms with van der Waals surface area (Å²) in [6.45, 7) is 4.40. The molecule has 0 bridgehead atoms. The normalized spacial score (nSPS) is 10.6. The first kappa shape index (κ1) is 18.5. The lowest BCUT2D eigenvalue weighted by Gasteiger charge is -2.12. The zero-order valence-electron chi connectivity index (χ0n) is 15.4. The van der Waals surface area contributed by atoms with Gasteiger partial charge in [-0.2, -0.15) is 5.10 Å². The number of hydrogen-bond acceptors (Lipinski definition) is 4. The SMILES string of the molecule is CC(C)c1cc(NC(=O)COc2ccccc2OCc2ccccc2)n[nH]1. The van der Waals surface area contributed by atoms with Gasteiger partial charge in [0.1, 0.15) is 6.61 Å². The second-order valence-corrected chi connectivity index (χ2v) is 6.42. The number of ether oxygens (including phenoxy) is 2. The van der Waals surface area contributed by atoms with E-state index < -0.39 is 0 Å². The molecule has 6 nitrogen and oxygen atoms in total. The molecule has 2 aromatic carbocycles. The van der Waals surface area contributed by atoms with Crippen molar-refractivity contribution < 1.29 is 14.3 Å². The van der Waals surface area contributed by atoms with Gasteiger partial charge in [-0.3, -0.25) is 9.89 Å². The number of nitrogens with zero attached hydrogens (tertiary/aromatic N) is 1. The summed E-state index contributed by atoms with van der Waals surface area (Å²) in [6.07, 6.45) is 0. The number of anilines is 1. The van der Waals surface area contributed by atoms with Crippen molar-refractivity contribution in [2.75, 3.05) is 11.9 Å². The highest BCUT2D eigenvalue weighted by Gasteiger charge is 2.11. The van der Waals surface area contributed by atoms with Crippen LogP contribution in [0.5, 0.6) is 11.5 Å². The second-order valence-electron chi connectivity index (χ2n) is 6.42. The third-order valence-electron chi connectivity index (χ3n) is 3.93. The molecule has 0 fully saturated rings. The van der Waals surface area contributed by atoms with Crippen molar-refractivity contribution in [3.63, 3.8) is 0 Å². The fourth-order valence-electron chi connectivity index (χ4n) is 2.44. The van der Waals surface area contributed by atoms with Gasteiger partial charge in [-0.25, -0.2) is 0 Å². The van der Waals surface area contributed by atoms with Crippen molar-refractivity contribution in [1.82, 2.24) is 10.2 Å². The highest BCUT2D eigenvalue weighted by molar-refractivity contribution is 5.91. The Morgan fingerprint density at radius 1 is 1.04 bits per heavy atom. The number of aromatic nitrogens is 2. The van der Waals surface area contributed by atoms with Crippen LogP contribution in [-0.4, -0.2) is 22.7 Å². The Bertz CT molecular complexity index is 875. The molecule has 3 rings (SSSR count). The molecule has 0 spiro atoms. The molecule has 0 saturated carbocycles. The molecule has 140 valence electrons. The Morgan fingerprint density at radius 3 is 2.37 bits per heavy atom. The maximum atomic E-state index is 12.1. The molecule has 1 amide bonds. The maximum Gasteiger partial charge on any atom is 0.263 e. The van der Waals surface area contributed by atoms with Gasteiger partial charge in [-0.15, -0.1) is 0 Å². The molecular weight excluding hydrogens is 342 g/mol. The number of H-pyrrole nitrogens is 1. The number of amides is 1. The first-order chi connectivity index (χ1) is 13.1. The fourth-order valence-corrected chi connectivity index (χ4v) is 2.44. The monoisotopic (exact) mass is 365 g/mol. The van der Waals surface area contributed by atoms with Crippen molar-refractivity contribution >= 4 is 11.7 Å². The van der Waals surface area contributed by atoms with E-state index in [1.54, 1.807) is 6.07 Å². The third kappa shape index (κ3) is 5.34. The summed E-state index contributed by atoms with van der Waals surface area (Å²) in [5, 5.41) is 9.69. The molecule has 0 aliphatic heterocycles. The number of rotatable bonds is 8. The van der Waals surface area contributed by atoms with Gasteiger partial charge in [-0.05, 0) is 23.6 Å². The Hall–Kier alpha value is -3.28. The number of carbonyl (C=O) groups is 1. The van der Waals surface area contributed by atoms with Crippen molar-refractivity contribution in [2.24, 2.45) is 0 Å². The highest BCUT2D eigenvalue weighted by Crippen LogP contribution is 2.27. The van der Waals surface area contributed by atoms with Crippen LogP contribution in [0.15, 0.2) is 60.7 Å². The number of para-hydroxylation sites is 2. The second kappa shape index (κ2) is 8.89. The predicted octanol–water partition coefficient (Wildman–Crippen LogP) is 4.13. The summed E-state index contributed by atoms with van der Waals surface area (Å²) < 4.78 is 11.5. The van der Waals surface area contributed by atoms with Crippen LogP contribution in [0.4, 0.5) is 5.82 Å². The van der Waals surface area contributed by atoms with E-state index in [0.717, 1.165) is 11.3 Å². The number of aromatic amines is 1. The standard InChI is InChI=1S/C21H23N3O3/c1-15(2)17-12-20(24-23-17)22-21(25)14-27-19-11-7-6-10-18(19)26-13-16-8-4-3-5-9-16/h3-12,15H,13-14H2,1-2H3,(H2,22,23,24,25). The van der Waals surface area contributed by atoms with Gasteiger partial charge in [0.2, 0.25) is 0 Å². The molecule has 0 aliphatic carbocycles. The molecule has 27 heavy (non-hydrogen) atoms. The molecule has 0 radical (unpaired) electrons. The van der Waals surface area contributed by atoms with E-state index in [1.165, 1.54) is 0 Å². The van der Waals surface area contributed by atoms with Gasteiger partial charge in [-0.1, -0.05) is 56.3 Å². The van der Waals surface area contributed by atoms with Crippen molar-refractivity contribution in [2.45, 2.75) is 26.4 Å². The van der Waals surface area contributed by atoms with Crippen LogP contribution in [0, 0.1) is 0 Å². The molecule has 1 heterocycles. The molecule has 0 atom stereocenters. The zero-order valence-corrected chi connectivity index (χ0v) is 15.4. The third-order valence-corrected chi connectivity index (χ3v) is 3.93. The van der Waals surface area contributed by atoms with E-state index in [0.29, 0.717) is 29.8 Å².